The van der Waals surface area contributed by atoms with Gasteiger partial charge in [-0.25, -0.2) is 0 Å². The van der Waals surface area contributed by atoms with Gasteiger partial charge < -0.3 is 9.26 Å². The van der Waals surface area contributed by atoms with Crippen molar-refractivity contribution in [1.82, 2.24) is 10.1 Å². The molecule has 0 radical (unpaired) electrons. The van der Waals surface area contributed by atoms with Crippen molar-refractivity contribution >= 4 is 17.6 Å². The number of hydrogen-bond acceptors (Lipinski definition) is 5. The Labute approximate surface area is 120 Å². The maximum Gasteiger partial charge on any atom is 0.321 e. The van der Waals surface area contributed by atoms with Crippen molar-refractivity contribution in [3.8, 4) is 11.4 Å². The fourth-order valence-corrected chi connectivity index (χ4v) is 2.16. The zero-order valence-corrected chi connectivity index (χ0v) is 11.7. The summed E-state index contributed by atoms with van der Waals surface area (Å²) in [6.07, 6.45) is 1.38. The Kier molecular flexibility index (Phi) is 3.22. The summed E-state index contributed by atoms with van der Waals surface area (Å²) < 4.78 is 10.3. The van der Waals surface area contributed by atoms with Crippen LogP contribution in [-0.2, 0) is 14.9 Å². The minimum atomic E-state index is -0.728. The number of hydrogen-bond donors (Lipinski definition) is 0. The summed E-state index contributed by atoms with van der Waals surface area (Å²) in [5.74, 6) is 0.499. The van der Waals surface area contributed by atoms with Crippen LogP contribution in [0.2, 0.25) is 5.02 Å². The second-order valence-electron chi connectivity index (χ2n) is 4.73. The summed E-state index contributed by atoms with van der Waals surface area (Å²) >= 11 is 5.84. The molecular formula is C14H13ClN2O3. The highest BCUT2D eigenvalue weighted by Crippen LogP contribution is 2.48. The smallest absolute Gasteiger partial charge is 0.321 e. The Balaban J connectivity index is 1.87. The monoisotopic (exact) mass is 292 g/mol. The lowest BCUT2D eigenvalue weighted by atomic mass is 10.1. The van der Waals surface area contributed by atoms with Crippen molar-refractivity contribution in [3.63, 3.8) is 0 Å². The molecular weight excluding hydrogens is 280 g/mol. The molecule has 2 aromatic rings. The van der Waals surface area contributed by atoms with E-state index in [1.807, 2.05) is 0 Å². The van der Waals surface area contributed by atoms with Crippen LogP contribution in [-0.4, -0.2) is 22.7 Å². The van der Waals surface area contributed by atoms with Crippen LogP contribution in [0.3, 0.4) is 0 Å². The average molecular weight is 293 g/mol. The first-order chi connectivity index (χ1) is 9.65. The number of rotatable bonds is 4. The molecule has 1 aromatic heterocycles. The van der Waals surface area contributed by atoms with Crippen LogP contribution in [0.25, 0.3) is 11.4 Å². The first kappa shape index (κ1) is 13.1. The molecule has 0 aliphatic heterocycles. The molecule has 0 bridgehead atoms. The standard InChI is InChI=1S/C14H13ClN2O3/c1-2-19-13(18)14(7-8-14)12-16-11(17-20-12)9-3-5-10(15)6-4-9/h3-6H,2,7-8H2,1H3. The van der Waals surface area contributed by atoms with Gasteiger partial charge in [0.05, 0.1) is 6.61 Å². The van der Waals surface area contributed by atoms with Crippen molar-refractivity contribution in [1.29, 1.82) is 0 Å². The number of benzene rings is 1. The molecule has 0 spiro atoms. The van der Waals surface area contributed by atoms with Gasteiger partial charge in [0.25, 0.3) is 0 Å². The first-order valence-electron chi connectivity index (χ1n) is 6.43. The van der Waals surface area contributed by atoms with E-state index in [-0.39, 0.29) is 5.97 Å². The van der Waals surface area contributed by atoms with Crippen molar-refractivity contribution in [2.24, 2.45) is 0 Å². The molecule has 0 atom stereocenters. The third kappa shape index (κ3) is 2.18. The first-order valence-corrected chi connectivity index (χ1v) is 6.81. The molecule has 20 heavy (non-hydrogen) atoms. The van der Waals surface area contributed by atoms with Crippen LogP contribution in [0.1, 0.15) is 25.7 Å². The van der Waals surface area contributed by atoms with Gasteiger partial charge in [-0.05, 0) is 44.0 Å². The minimum Gasteiger partial charge on any atom is -0.465 e. The van der Waals surface area contributed by atoms with E-state index < -0.39 is 5.41 Å². The maximum absolute atomic E-state index is 12.0. The molecule has 0 unspecified atom stereocenters. The fraction of sp³-hybridized carbons (Fsp3) is 0.357. The Hall–Kier alpha value is -1.88. The molecule has 6 heteroatoms. The lowest BCUT2D eigenvalue weighted by Crippen LogP contribution is -2.23. The Morgan fingerprint density at radius 1 is 1.40 bits per heavy atom. The second kappa shape index (κ2) is 4.90. The molecule has 1 aliphatic carbocycles. The van der Waals surface area contributed by atoms with Gasteiger partial charge in [-0.1, -0.05) is 16.8 Å². The molecule has 5 nitrogen and oxygen atoms in total. The zero-order chi connectivity index (χ0) is 14.2. The summed E-state index contributed by atoms with van der Waals surface area (Å²) in [5.41, 5.74) is 0.0669. The Morgan fingerprint density at radius 3 is 2.70 bits per heavy atom. The van der Waals surface area contributed by atoms with Gasteiger partial charge >= 0.3 is 5.97 Å². The molecule has 1 fully saturated rings. The number of carbonyl (C=O) groups excluding carboxylic acids is 1. The lowest BCUT2D eigenvalue weighted by Gasteiger charge is -2.07. The van der Waals surface area contributed by atoms with Crippen molar-refractivity contribution in [3.05, 3.63) is 35.2 Å². The number of esters is 1. The minimum absolute atomic E-state index is 0.286. The highest BCUT2D eigenvalue weighted by molar-refractivity contribution is 6.30. The van der Waals surface area contributed by atoms with E-state index in [1.165, 1.54) is 0 Å². The number of nitrogens with zero attached hydrogens (tertiary/aromatic N) is 2. The Morgan fingerprint density at radius 2 is 2.10 bits per heavy atom. The predicted molar refractivity (Wildman–Crippen MR) is 72.3 cm³/mol. The van der Waals surface area contributed by atoms with E-state index in [0.29, 0.717) is 36.2 Å². The van der Waals surface area contributed by atoms with Crippen LogP contribution in [0.5, 0.6) is 0 Å². The highest BCUT2D eigenvalue weighted by atomic mass is 35.5. The number of carbonyl (C=O) groups is 1. The molecule has 3 rings (SSSR count). The number of aromatic nitrogens is 2. The molecule has 1 saturated carbocycles. The molecule has 1 aliphatic rings. The molecule has 1 heterocycles. The topological polar surface area (TPSA) is 65.2 Å². The predicted octanol–water partition coefficient (Wildman–Crippen LogP) is 2.98. The Bertz CT molecular complexity index is 632. The van der Waals surface area contributed by atoms with Gasteiger partial charge in [0.2, 0.25) is 11.7 Å². The zero-order valence-electron chi connectivity index (χ0n) is 10.9. The van der Waals surface area contributed by atoms with Crippen LogP contribution in [0.15, 0.2) is 28.8 Å². The second-order valence-corrected chi connectivity index (χ2v) is 5.17. The van der Waals surface area contributed by atoms with Gasteiger partial charge in [-0.2, -0.15) is 4.98 Å². The van der Waals surface area contributed by atoms with Crippen LogP contribution in [0.4, 0.5) is 0 Å². The van der Waals surface area contributed by atoms with Gasteiger partial charge in [0.15, 0.2) is 0 Å². The van der Waals surface area contributed by atoms with Gasteiger partial charge in [0, 0.05) is 10.6 Å². The van der Waals surface area contributed by atoms with Crippen LogP contribution >= 0.6 is 11.6 Å². The van der Waals surface area contributed by atoms with E-state index in [1.54, 1.807) is 31.2 Å². The molecule has 0 saturated heterocycles. The largest absolute Gasteiger partial charge is 0.465 e. The van der Waals surface area contributed by atoms with Gasteiger partial charge in [0.1, 0.15) is 5.41 Å². The number of halogens is 1. The summed E-state index contributed by atoms with van der Waals surface area (Å²) in [6.45, 7) is 2.12. The van der Waals surface area contributed by atoms with Gasteiger partial charge in [-0.15, -0.1) is 0 Å². The SMILES string of the molecule is CCOC(=O)C1(c2nc(-c3ccc(Cl)cc3)no2)CC1. The van der Waals surface area contributed by atoms with Crippen LogP contribution in [0, 0.1) is 0 Å². The highest BCUT2D eigenvalue weighted by Gasteiger charge is 2.57. The fourth-order valence-electron chi connectivity index (χ4n) is 2.03. The number of ether oxygens (including phenoxy) is 1. The van der Waals surface area contributed by atoms with Crippen LogP contribution < -0.4 is 0 Å². The summed E-state index contributed by atoms with van der Waals surface area (Å²) in [6, 6.07) is 7.12. The van der Waals surface area contributed by atoms with E-state index in [9.17, 15) is 4.79 Å². The summed E-state index contributed by atoms with van der Waals surface area (Å²) in [5, 5.41) is 4.57. The van der Waals surface area contributed by atoms with Crippen molar-refractivity contribution < 1.29 is 14.1 Å². The normalized spacial score (nSPS) is 15.9. The maximum atomic E-state index is 12.0. The summed E-state index contributed by atoms with van der Waals surface area (Å²) in [7, 11) is 0. The summed E-state index contributed by atoms with van der Waals surface area (Å²) in [4.78, 5) is 16.3. The molecule has 0 N–H and O–H groups in total. The lowest BCUT2D eigenvalue weighted by molar-refractivity contribution is -0.146. The quantitative estimate of drug-likeness (QED) is 0.811. The third-order valence-electron chi connectivity index (χ3n) is 3.35. The van der Waals surface area contributed by atoms with Crippen molar-refractivity contribution in [2.75, 3.05) is 6.61 Å². The van der Waals surface area contributed by atoms with Gasteiger partial charge in [-0.3, -0.25) is 4.79 Å². The molecule has 0 amide bonds. The average Bonchev–Trinajstić information content (AvgIpc) is 3.12. The van der Waals surface area contributed by atoms with E-state index in [0.717, 1.165) is 5.56 Å². The third-order valence-corrected chi connectivity index (χ3v) is 3.61. The van der Waals surface area contributed by atoms with E-state index in [2.05, 4.69) is 10.1 Å². The van der Waals surface area contributed by atoms with E-state index >= 15 is 0 Å². The van der Waals surface area contributed by atoms with E-state index in [4.69, 9.17) is 20.9 Å². The molecule has 104 valence electrons. The molecule has 1 aromatic carbocycles. The van der Waals surface area contributed by atoms with Crippen molar-refractivity contribution in [2.45, 2.75) is 25.2 Å².